The van der Waals surface area contributed by atoms with Crippen LogP contribution in [0.5, 0.6) is 0 Å². The van der Waals surface area contributed by atoms with Gasteiger partial charge in [0.2, 0.25) is 0 Å². The Labute approximate surface area is 112 Å². The fourth-order valence-electron chi connectivity index (χ4n) is 1.61. The van der Waals surface area contributed by atoms with Gasteiger partial charge in [0.15, 0.2) is 5.16 Å². The quantitative estimate of drug-likeness (QED) is 0.617. The van der Waals surface area contributed by atoms with Crippen LogP contribution in [0.15, 0.2) is 34.1 Å². The summed E-state index contributed by atoms with van der Waals surface area (Å²) in [7, 11) is 2.00. The average Bonchev–Trinajstić information content (AvgIpc) is 2.96. The molecule has 0 bridgehead atoms. The second-order valence-corrected chi connectivity index (χ2v) is 5.10. The zero-order valence-corrected chi connectivity index (χ0v) is 11.7. The van der Waals surface area contributed by atoms with E-state index < -0.39 is 0 Å². The summed E-state index contributed by atoms with van der Waals surface area (Å²) in [5.74, 6) is 2.81. The molecule has 2 heterocycles. The van der Waals surface area contributed by atoms with E-state index in [0.29, 0.717) is 0 Å². The molecule has 0 saturated heterocycles. The molecule has 0 amide bonds. The lowest BCUT2D eigenvalue weighted by molar-refractivity contribution is 0.459. The van der Waals surface area contributed by atoms with E-state index in [-0.39, 0.29) is 0 Å². The molecule has 4 nitrogen and oxygen atoms in total. The van der Waals surface area contributed by atoms with Crippen LogP contribution in [0, 0.1) is 0 Å². The summed E-state index contributed by atoms with van der Waals surface area (Å²) < 4.78 is 7.76. The van der Waals surface area contributed by atoms with E-state index in [4.69, 9.17) is 4.42 Å². The van der Waals surface area contributed by atoms with Crippen LogP contribution in [0.4, 0.5) is 0 Å². The van der Waals surface area contributed by atoms with Crippen molar-refractivity contribution in [3.05, 3.63) is 36.0 Å². The molecule has 0 radical (unpaired) electrons. The fourth-order valence-corrected chi connectivity index (χ4v) is 2.44. The molecule has 0 fully saturated rings. The van der Waals surface area contributed by atoms with Gasteiger partial charge in [-0.25, -0.2) is 4.98 Å². The first kappa shape index (κ1) is 13.2. The Morgan fingerprint density at radius 2 is 2.22 bits per heavy atom. The highest BCUT2D eigenvalue weighted by Crippen LogP contribution is 2.21. The largest absolute Gasteiger partial charge is 0.464 e. The molecule has 0 aliphatic carbocycles. The highest BCUT2D eigenvalue weighted by atomic mass is 32.2. The smallest absolute Gasteiger partial charge is 0.168 e. The number of nitrogens with zero attached hydrogens (tertiary/aromatic N) is 2. The molecule has 2 rings (SSSR count). The van der Waals surface area contributed by atoms with Crippen molar-refractivity contribution in [3.63, 3.8) is 0 Å². The number of imidazole rings is 1. The molecule has 5 heteroatoms. The van der Waals surface area contributed by atoms with Crippen LogP contribution < -0.4 is 5.32 Å². The molecule has 98 valence electrons. The van der Waals surface area contributed by atoms with Gasteiger partial charge in [0.1, 0.15) is 11.5 Å². The first-order valence-corrected chi connectivity index (χ1v) is 7.16. The maximum absolute atomic E-state index is 5.75. The molecule has 0 saturated carbocycles. The van der Waals surface area contributed by atoms with Gasteiger partial charge in [0.25, 0.3) is 0 Å². The SMILES string of the molecule is CCCNCc1ccc(CSc2nccn2C)o1. The normalized spacial score (nSPS) is 11.0. The highest BCUT2D eigenvalue weighted by molar-refractivity contribution is 7.98. The van der Waals surface area contributed by atoms with Crippen molar-refractivity contribution in [1.29, 1.82) is 0 Å². The first-order chi connectivity index (χ1) is 8.79. The molecule has 1 N–H and O–H groups in total. The van der Waals surface area contributed by atoms with Crippen molar-refractivity contribution in [3.8, 4) is 0 Å². The van der Waals surface area contributed by atoms with Crippen LogP contribution in [0.1, 0.15) is 24.9 Å². The molecule has 18 heavy (non-hydrogen) atoms. The molecule has 0 aromatic carbocycles. The molecule has 0 unspecified atom stereocenters. The van der Waals surface area contributed by atoms with E-state index in [1.54, 1.807) is 11.8 Å². The number of aromatic nitrogens is 2. The zero-order chi connectivity index (χ0) is 12.8. The van der Waals surface area contributed by atoms with Crippen LogP contribution in [-0.2, 0) is 19.3 Å². The minimum absolute atomic E-state index is 0.806. The summed E-state index contributed by atoms with van der Waals surface area (Å²) in [6.07, 6.45) is 4.90. The van der Waals surface area contributed by atoms with E-state index in [2.05, 4.69) is 17.2 Å². The van der Waals surface area contributed by atoms with Gasteiger partial charge in [-0.2, -0.15) is 0 Å². The maximum Gasteiger partial charge on any atom is 0.168 e. The third-order valence-electron chi connectivity index (χ3n) is 2.56. The average molecular weight is 265 g/mol. The van der Waals surface area contributed by atoms with Gasteiger partial charge >= 0.3 is 0 Å². The Morgan fingerprint density at radius 3 is 2.94 bits per heavy atom. The zero-order valence-electron chi connectivity index (χ0n) is 10.8. The minimum Gasteiger partial charge on any atom is -0.464 e. The maximum atomic E-state index is 5.75. The number of rotatable bonds is 7. The lowest BCUT2D eigenvalue weighted by Gasteiger charge is -2.00. The molecule has 2 aromatic rings. The molecule has 0 aliphatic heterocycles. The summed E-state index contributed by atoms with van der Waals surface area (Å²) in [4.78, 5) is 4.27. The summed E-state index contributed by atoms with van der Waals surface area (Å²) in [6, 6.07) is 4.08. The Bertz CT molecular complexity index is 478. The van der Waals surface area contributed by atoms with Gasteiger partial charge in [-0.15, -0.1) is 0 Å². The summed E-state index contributed by atoms with van der Waals surface area (Å²) >= 11 is 1.69. The van der Waals surface area contributed by atoms with Crippen molar-refractivity contribution in [2.75, 3.05) is 6.54 Å². The van der Waals surface area contributed by atoms with E-state index >= 15 is 0 Å². The van der Waals surface area contributed by atoms with Gasteiger partial charge in [-0.1, -0.05) is 18.7 Å². The van der Waals surface area contributed by atoms with Crippen molar-refractivity contribution in [1.82, 2.24) is 14.9 Å². The van der Waals surface area contributed by atoms with Crippen molar-refractivity contribution in [2.45, 2.75) is 30.8 Å². The van der Waals surface area contributed by atoms with Gasteiger partial charge in [-0.3, -0.25) is 0 Å². The topological polar surface area (TPSA) is 43.0 Å². The van der Waals surface area contributed by atoms with Gasteiger partial charge in [0, 0.05) is 19.4 Å². The Morgan fingerprint density at radius 1 is 1.39 bits per heavy atom. The Balaban J connectivity index is 1.81. The molecular formula is C13H19N3OS. The number of hydrogen-bond acceptors (Lipinski definition) is 4. The van der Waals surface area contributed by atoms with Gasteiger partial charge in [-0.05, 0) is 25.1 Å². The molecule has 0 spiro atoms. The monoisotopic (exact) mass is 265 g/mol. The standard InChI is InChI=1S/C13H19N3OS/c1-3-6-14-9-11-4-5-12(17-11)10-18-13-15-7-8-16(13)2/h4-5,7-8,14H,3,6,9-10H2,1-2H3. The highest BCUT2D eigenvalue weighted by Gasteiger charge is 2.05. The predicted molar refractivity (Wildman–Crippen MR) is 73.5 cm³/mol. The summed E-state index contributed by atoms with van der Waals surface area (Å²) in [6.45, 7) is 3.99. The van der Waals surface area contributed by atoms with Crippen LogP contribution in [0.25, 0.3) is 0 Å². The van der Waals surface area contributed by atoms with Crippen molar-refractivity contribution < 1.29 is 4.42 Å². The molecule has 0 aliphatic rings. The summed E-state index contributed by atoms with van der Waals surface area (Å²) in [5, 5.41) is 4.34. The van der Waals surface area contributed by atoms with E-state index in [9.17, 15) is 0 Å². The third-order valence-corrected chi connectivity index (χ3v) is 3.64. The van der Waals surface area contributed by atoms with Gasteiger partial charge in [0.05, 0.1) is 12.3 Å². The first-order valence-electron chi connectivity index (χ1n) is 6.18. The van der Waals surface area contributed by atoms with E-state index in [1.807, 2.05) is 36.1 Å². The number of hydrogen-bond donors (Lipinski definition) is 1. The number of furan rings is 1. The Kier molecular flexibility index (Phi) is 4.90. The number of nitrogens with one attached hydrogen (secondary N) is 1. The second-order valence-electron chi connectivity index (χ2n) is 4.15. The van der Waals surface area contributed by atoms with Gasteiger partial charge < -0.3 is 14.3 Å². The summed E-state index contributed by atoms with van der Waals surface area (Å²) in [5.41, 5.74) is 0. The molecular weight excluding hydrogens is 246 g/mol. The minimum atomic E-state index is 0.806. The predicted octanol–water partition coefficient (Wildman–Crippen LogP) is 2.81. The molecule has 0 atom stereocenters. The molecule has 2 aromatic heterocycles. The fraction of sp³-hybridized carbons (Fsp3) is 0.462. The van der Waals surface area contributed by atoms with Crippen molar-refractivity contribution in [2.24, 2.45) is 7.05 Å². The van der Waals surface area contributed by atoms with Crippen LogP contribution in [-0.4, -0.2) is 16.1 Å². The third kappa shape index (κ3) is 3.65. The lowest BCUT2D eigenvalue weighted by Crippen LogP contribution is -2.12. The van der Waals surface area contributed by atoms with Crippen LogP contribution >= 0.6 is 11.8 Å². The van der Waals surface area contributed by atoms with Crippen molar-refractivity contribution >= 4 is 11.8 Å². The second kappa shape index (κ2) is 6.66. The van der Waals surface area contributed by atoms with E-state index in [1.165, 1.54) is 0 Å². The number of aryl methyl sites for hydroxylation is 1. The Hall–Kier alpha value is -1.20. The van der Waals surface area contributed by atoms with E-state index in [0.717, 1.165) is 41.9 Å². The number of thioether (sulfide) groups is 1. The van der Waals surface area contributed by atoms with Crippen LogP contribution in [0.2, 0.25) is 0 Å². The lowest BCUT2D eigenvalue weighted by atomic mass is 10.4. The van der Waals surface area contributed by atoms with Crippen LogP contribution in [0.3, 0.4) is 0 Å².